The normalized spacial score (nSPS) is 30.1. The highest BCUT2D eigenvalue weighted by Crippen LogP contribution is 2.32. The van der Waals surface area contributed by atoms with E-state index in [9.17, 15) is 0 Å². The molecule has 4 aliphatic rings. The van der Waals surface area contributed by atoms with Gasteiger partial charge in [0.05, 0.1) is 16.1 Å². The molecule has 4 bridgehead atoms. The van der Waals surface area contributed by atoms with Gasteiger partial charge in [-0.1, -0.05) is 172 Å². The third kappa shape index (κ3) is 7.81. The molecule has 1 aromatic carbocycles. The molecule has 4 heterocycles. The molecule has 0 N–H and O–H groups in total. The molecule has 0 aromatic heterocycles. The molecule has 0 saturated heterocycles. The Morgan fingerprint density at radius 2 is 0.656 bits per heavy atom. The van der Waals surface area contributed by atoms with Crippen molar-refractivity contribution in [1.82, 2.24) is 0 Å². The molecule has 0 nitrogen and oxygen atoms in total. The molecule has 5 rings (SSSR count). The maximum Gasteiger partial charge on any atom is 0.0852 e. The Balaban J connectivity index is 1.99. The zero-order chi connectivity index (χ0) is 22.9. The van der Waals surface area contributed by atoms with Gasteiger partial charge in [0.15, 0.2) is 0 Å². The van der Waals surface area contributed by atoms with Gasteiger partial charge in [-0.2, -0.15) is 0 Å². The first kappa shape index (κ1) is 27.2. The lowest BCUT2D eigenvalue weighted by molar-refractivity contribution is 0.575. The van der Waals surface area contributed by atoms with Gasteiger partial charge >= 0.3 is 0 Å². The van der Waals surface area contributed by atoms with E-state index in [-0.39, 0.29) is 0 Å². The molecule has 0 spiro atoms. The molecule has 4 heteroatoms. The van der Waals surface area contributed by atoms with Gasteiger partial charge in [0.1, 0.15) is 0 Å². The number of benzene rings is 1. The molecule has 0 atom stereocenters. The number of halogens is 2. The summed E-state index contributed by atoms with van der Waals surface area (Å²) in [5.41, 5.74) is 0. The van der Waals surface area contributed by atoms with E-state index in [4.69, 9.17) is 0 Å². The van der Waals surface area contributed by atoms with Crippen LogP contribution in [0.2, 0.25) is 37.3 Å². The lowest BCUT2D eigenvalue weighted by Gasteiger charge is -2.34. The van der Waals surface area contributed by atoms with E-state index in [2.05, 4.69) is 57.1 Å². The molecule has 0 fully saturated rings. The molecule has 1 aromatic rings. The second-order valence-corrected chi connectivity index (χ2v) is 22.6. The summed E-state index contributed by atoms with van der Waals surface area (Å²) in [6, 6.07) is 11.2. The van der Waals surface area contributed by atoms with E-state index in [1.54, 1.807) is 10.4 Å². The number of hydrogen-bond donors (Lipinski definition) is 0. The van der Waals surface area contributed by atoms with Crippen LogP contribution in [0.15, 0.2) is 21.1 Å². The zero-order valence-electron chi connectivity index (χ0n) is 21.1. The Labute approximate surface area is 218 Å². The molecule has 0 unspecified atom stereocenters. The fourth-order valence-electron chi connectivity index (χ4n) is 6.44. The highest BCUT2D eigenvalue weighted by atomic mass is 79.9. The number of hydrogen-bond acceptors (Lipinski definition) is 0. The number of rotatable bonds is 0. The van der Waals surface area contributed by atoms with Gasteiger partial charge in [-0.15, -0.1) is 0 Å². The predicted octanol–water partition coefficient (Wildman–Crippen LogP) is 10.1. The predicted molar refractivity (Wildman–Crippen MR) is 157 cm³/mol. The van der Waals surface area contributed by atoms with Crippen LogP contribution in [-0.2, 0) is 0 Å². The van der Waals surface area contributed by atoms with E-state index >= 15 is 0 Å². The van der Waals surface area contributed by atoms with Crippen LogP contribution < -0.4 is 10.4 Å². The van der Waals surface area contributed by atoms with Gasteiger partial charge in [-0.25, -0.2) is 0 Å². The summed E-state index contributed by atoms with van der Waals surface area (Å²) < 4.78 is 2.92. The van der Waals surface area contributed by atoms with Crippen LogP contribution in [0.1, 0.15) is 103 Å². The summed E-state index contributed by atoms with van der Waals surface area (Å²) in [5.74, 6) is 0. The smallest absolute Gasteiger partial charge is 0.0652 e. The Kier molecular flexibility index (Phi) is 11.6. The van der Waals surface area contributed by atoms with Gasteiger partial charge in [0.2, 0.25) is 0 Å². The lowest BCUT2D eigenvalue weighted by atomic mass is 10.1. The third-order valence-electron chi connectivity index (χ3n) is 8.77. The summed E-state index contributed by atoms with van der Waals surface area (Å²) in [6.07, 6.45) is 23.3. The molecular formula is C28H48Br2Si2. The van der Waals surface area contributed by atoms with Crippen molar-refractivity contribution in [3.63, 3.8) is 0 Å². The van der Waals surface area contributed by atoms with Crippen LogP contribution in [0.5, 0.6) is 0 Å². The second kappa shape index (κ2) is 13.6. The van der Waals surface area contributed by atoms with Crippen LogP contribution in [-0.4, -0.2) is 16.1 Å². The van der Waals surface area contributed by atoms with Crippen LogP contribution in [0.3, 0.4) is 0 Å². The topological polar surface area (TPSA) is 0 Å². The average molecular weight is 601 g/mol. The van der Waals surface area contributed by atoms with Gasteiger partial charge in [0, 0.05) is 8.95 Å². The minimum absolute atomic E-state index is 1.45. The fraction of sp³-hybridized carbons (Fsp3) is 0.786. The largest absolute Gasteiger partial charge is 0.0852 e. The van der Waals surface area contributed by atoms with Crippen molar-refractivity contribution in [2.75, 3.05) is 0 Å². The molecule has 0 amide bonds. The highest BCUT2D eigenvalue weighted by molar-refractivity contribution is 9.11. The van der Waals surface area contributed by atoms with Gasteiger partial charge in [-0.3, -0.25) is 0 Å². The van der Waals surface area contributed by atoms with E-state index < -0.39 is 16.1 Å². The van der Waals surface area contributed by atoms with Crippen LogP contribution in [0.4, 0.5) is 0 Å². The van der Waals surface area contributed by atoms with E-state index in [1.807, 2.05) is 0 Å². The quantitative estimate of drug-likeness (QED) is 0.260. The van der Waals surface area contributed by atoms with Gasteiger partial charge < -0.3 is 0 Å². The second-order valence-electron chi connectivity index (χ2n) is 11.6. The third-order valence-corrected chi connectivity index (χ3v) is 20.1. The molecule has 0 saturated carbocycles. The van der Waals surface area contributed by atoms with E-state index in [0.29, 0.717) is 0 Å². The SMILES string of the molecule is C[Si]12CCCCCCCCCC[Si](C)(CCCCCCCCCC1)c1cc(Br)c2cc1Br. The van der Waals surface area contributed by atoms with Gasteiger partial charge in [-0.05, 0) is 22.5 Å². The first-order valence-electron chi connectivity index (χ1n) is 13.9. The number of fused-ring (bicyclic) bond motifs is 18. The van der Waals surface area contributed by atoms with Crippen LogP contribution in [0, 0.1) is 0 Å². The molecule has 0 radical (unpaired) electrons. The summed E-state index contributed by atoms with van der Waals surface area (Å²) in [6.45, 7) is 5.42. The van der Waals surface area contributed by atoms with Crippen molar-refractivity contribution in [2.24, 2.45) is 0 Å². The summed E-state index contributed by atoms with van der Waals surface area (Å²) in [5, 5.41) is 3.42. The summed E-state index contributed by atoms with van der Waals surface area (Å²) in [7, 11) is -2.95. The lowest BCUT2D eigenvalue weighted by Crippen LogP contribution is -2.49. The summed E-state index contributed by atoms with van der Waals surface area (Å²) in [4.78, 5) is 0. The Hall–Kier alpha value is 0.614. The van der Waals surface area contributed by atoms with Gasteiger partial charge in [0.25, 0.3) is 0 Å². The highest BCUT2D eigenvalue weighted by Gasteiger charge is 2.35. The van der Waals surface area contributed by atoms with Crippen molar-refractivity contribution in [3.05, 3.63) is 21.1 Å². The monoisotopic (exact) mass is 598 g/mol. The molecule has 182 valence electrons. The van der Waals surface area contributed by atoms with E-state index in [0.717, 1.165) is 0 Å². The van der Waals surface area contributed by atoms with Crippen LogP contribution in [0.25, 0.3) is 0 Å². The Bertz CT molecular complexity index is 619. The van der Waals surface area contributed by atoms with Crippen molar-refractivity contribution < 1.29 is 0 Å². The molecule has 0 aliphatic carbocycles. The van der Waals surface area contributed by atoms with Crippen molar-refractivity contribution >= 4 is 58.4 Å². The van der Waals surface area contributed by atoms with E-state index in [1.165, 1.54) is 136 Å². The van der Waals surface area contributed by atoms with Crippen molar-refractivity contribution in [3.8, 4) is 0 Å². The maximum absolute atomic E-state index is 4.15. The van der Waals surface area contributed by atoms with Crippen LogP contribution >= 0.6 is 31.9 Å². The minimum atomic E-state index is -1.47. The first-order chi connectivity index (χ1) is 15.4. The first-order valence-corrected chi connectivity index (χ1v) is 21.4. The Morgan fingerprint density at radius 1 is 0.438 bits per heavy atom. The Morgan fingerprint density at radius 3 is 0.906 bits per heavy atom. The molecule has 4 aliphatic heterocycles. The standard InChI is InChI=1S/C28H48Br2Si2/c1-31-19-15-11-7-3-5-9-13-17-21-32(2,28-24-25(29)27(31)23-26(28)30)22-18-14-10-6-4-8-12-16-20-31/h23-24H,3-22H2,1-2H3. The molecule has 32 heavy (non-hydrogen) atoms. The average Bonchev–Trinajstić information content (AvgIpc) is 2.76. The van der Waals surface area contributed by atoms with Crippen molar-refractivity contribution in [1.29, 1.82) is 0 Å². The van der Waals surface area contributed by atoms with Crippen molar-refractivity contribution in [2.45, 2.75) is 140 Å². The summed E-state index contributed by atoms with van der Waals surface area (Å²) >= 11 is 8.30. The molecular weight excluding hydrogens is 552 g/mol. The minimum Gasteiger partial charge on any atom is -0.0652 e. The maximum atomic E-state index is 4.15. The zero-order valence-corrected chi connectivity index (χ0v) is 26.2. The fourth-order valence-corrected chi connectivity index (χ4v) is 18.4.